The maximum atomic E-state index is 11.2. The molecule has 1 rings (SSSR count). The Kier molecular flexibility index (Phi) is 7.84. The van der Waals surface area contributed by atoms with Crippen molar-refractivity contribution in [1.29, 1.82) is 0 Å². The van der Waals surface area contributed by atoms with Gasteiger partial charge in [0.05, 0.1) is 26.2 Å². The fourth-order valence-corrected chi connectivity index (χ4v) is 1.21. The van der Waals surface area contributed by atoms with Crippen LogP contribution in [0.25, 0.3) is 0 Å². The molecule has 0 saturated carbocycles. The number of hydrogen-bond donors (Lipinski definition) is 1. The molecule has 18 heavy (non-hydrogen) atoms. The number of amides is 2. The molecule has 0 unspecified atom stereocenters. The molecule has 1 aliphatic heterocycles. The van der Waals surface area contributed by atoms with Gasteiger partial charge in [-0.05, 0) is 0 Å². The van der Waals surface area contributed by atoms with E-state index in [9.17, 15) is 14.4 Å². The van der Waals surface area contributed by atoms with Gasteiger partial charge in [-0.1, -0.05) is 0 Å². The first-order valence-electron chi connectivity index (χ1n) is 5.28. The molecule has 1 heterocycles. The molecule has 0 aliphatic carbocycles. The summed E-state index contributed by atoms with van der Waals surface area (Å²) in [7, 11) is 1.54. The standard InChI is InChI=1S/C10H15NO6.H3N/c1-15-6-7-16-5-4-10(14)17-11-8(12)2-3-9(11)13;/h2-7H2,1H3;1H3. The van der Waals surface area contributed by atoms with Crippen molar-refractivity contribution in [2.75, 3.05) is 26.9 Å². The van der Waals surface area contributed by atoms with Gasteiger partial charge in [-0.3, -0.25) is 9.59 Å². The zero-order chi connectivity index (χ0) is 12.7. The van der Waals surface area contributed by atoms with Crippen LogP contribution in [0.2, 0.25) is 0 Å². The van der Waals surface area contributed by atoms with Crippen LogP contribution in [0, 0.1) is 0 Å². The van der Waals surface area contributed by atoms with Crippen LogP contribution >= 0.6 is 0 Å². The van der Waals surface area contributed by atoms with Gasteiger partial charge in [0.2, 0.25) is 0 Å². The molecule has 1 aliphatic rings. The van der Waals surface area contributed by atoms with Crippen molar-refractivity contribution >= 4 is 17.8 Å². The monoisotopic (exact) mass is 262 g/mol. The highest BCUT2D eigenvalue weighted by molar-refractivity contribution is 6.01. The summed E-state index contributed by atoms with van der Waals surface area (Å²) >= 11 is 0. The van der Waals surface area contributed by atoms with Crippen molar-refractivity contribution in [3.05, 3.63) is 0 Å². The summed E-state index contributed by atoms with van der Waals surface area (Å²) in [5.74, 6) is -1.63. The minimum Gasteiger partial charge on any atom is -0.382 e. The highest BCUT2D eigenvalue weighted by Crippen LogP contribution is 2.12. The summed E-state index contributed by atoms with van der Waals surface area (Å²) in [5, 5.41) is 0.525. The van der Waals surface area contributed by atoms with Gasteiger partial charge in [-0.25, -0.2) is 4.79 Å². The maximum Gasteiger partial charge on any atom is 0.335 e. The lowest BCUT2D eigenvalue weighted by molar-refractivity contribution is -0.198. The fraction of sp³-hybridized carbons (Fsp3) is 0.700. The van der Waals surface area contributed by atoms with Gasteiger partial charge >= 0.3 is 5.97 Å². The van der Waals surface area contributed by atoms with E-state index in [2.05, 4.69) is 4.84 Å². The Labute approximate surface area is 105 Å². The van der Waals surface area contributed by atoms with Gasteiger partial charge in [0, 0.05) is 20.0 Å². The van der Waals surface area contributed by atoms with Crippen LogP contribution in [-0.4, -0.2) is 49.8 Å². The van der Waals surface area contributed by atoms with E-state index in [-0.39, 0.29) is 32.0 Å². The van der Waals surface area contributed by atoms with Gasteiger partial charge in [0.1, 0.15) is 0 Å². The minimum atomic E-state index is -0.661. The van der Waals surface area contributed by atoms with Crippen LogP contribution in [0.3, 0.4) is 0 Å². The number of ether oxygens (including phenoxy) is 2. The van der Waals surface area contributed by atoms with E-state index in [1.165, 1.54) is 0 Å². The van der Waals surface area contributed by atoms with Crippen LogP contribution in [0.15, 0.2) is 0 Å². The smallest absolute Gasteiger partial charge is 0.335 e. The third-order valence-corrected chi connectivity index (χ3v) is 2.08. The summed E-state index contributed by atoms with van der Waals surface area (Å²) in [5.41, 5.74) is 0. The molecule has 3 N–H and O–H groups in total. The molecule has 8 nitrogen and oxygen atoms in total. The Morgan fingerprint density at radius 3 is 2.33 bits per heavy atom. The van der Waals surface area contributed by atoms with Gasteiger partial charge in [0.15, 0.2) is 0 Å². The molecule has 0 aromatic heterocycles. The molecule has 8 heteroatoms. The SMILES string of the molecule is COCCOCCC(=O)ON1C(=O)CCC1=O.N. The van der Waals surface area contributed by atoms with Crippen molar-refractivity contribution in [3.8, 4) is 0 Å². The average Bonchev–Trinajstić information content (AvgIpc) is 2.60. The zero-order valence-electron chi connectivity index (χ0n) is 10.3. The van der Waals surface area contributed by atoms with Gasteiger partial charge < -0.3 is 20.5 Å². The molecular weight excluding hydrogens is 244 g/mol. The lowest BCUT2D eigenvalue weighted by Crippen LogP contribution is -2.32. The summed E-state index contributed by atoms with van der Waals surface area (Å²) in [6.45, 7) is 0.988. The Balaban J connectivity index is 0.00000289. The summed E-state index contributed by atoms with van der Waals surface area (Å²) in [6, 6.07) is 0. The Morgan fingerprint density at radius 1 is 1.17 bits per heavy atom. The van der Waals surface area contributed by atoms with Crippen LogP contribution < -0.4 is 6.15 Å². The number of methoxy groups -OCH3 is 1. The first-order chi connectivity index (χ1) is 8.15. The fourth-order valence-electron chi connectivity index (χ4n) is 1.21. The lowest BCUT2D eigenvalue weighted by atomic mass is 10.4. The molecule has 104 valence electrons. The number of imide groups is 1. The first kappa shape index (κ1) is 16.5. The number of carbonyl (C=O) groups is 3. The van der Waals surface area contributed by atoms with Crippen molar-refractivity contribution in [2.24, 2.45) is 0 Å². The van der Waals surface area contributed by atoms with Crippen LogP contribution in [-0.2, 0) is 28.7 Å². The molecule has 2 amide bonds. The van der Waals surface area contributed by atoms with Gasteiger partial charge in [0.25, 0.3) is 11.8 Å². The van der Waals surface area contributed by atoms with E-state index < -0.39 is 17.8 Å². The predicted molar refractivity (Wildman–Crippen MR) is 59.5 cm³/mol. The minimum absolute atomic E-state index is 0. The quantitative estimate of drug-likeness (QED) is 0.499. The number of carbonyl (C=O) groups excluding carboxylic acids is 3. The van der Waals surface area contributed by atoms with Crippen molar-refractivity contribution in [1.82, 2.24) is 11.2 Å². The molecule has 0 spiro atoms. The number of rotatable bonds is 7. The summed E-state index contributed by atoms with van der Waals surface area (Å²) < 4.78 is 9.79. The molecule has 1 saturated heterocycles. The number of nitrogens with zero attached hydrogens (tertiary/aromatic N) is 1. The molecule has 0 aromatic rings. The topological polar surface area (TPSA) is 117 Å². The third kappa shape index (κ3) is 5.21. The third-order valence-electron chi connectivity index (χ3n) is 2.08. The Morgan fingerprint density at radius 2 is 1.78 bits per heavy atom. The molecule has 0 aromatic carbocycles. The summed E-state index contributed by atoms with van der Waals surface area (Å²) in [4.78, 5) is 38.1. The van der Waals surface area contributed by atoms with Gasteiger partial charge in [-0.2, -0.15) is 0 Å². The van der Waals surface area contributed by atoms with E-state index in [1.807, 2.05) is 0 Å². The predicted octanol–water partition coefficient (Wildman–Crippen LogP) is -0.191. The van der Waals surface area contributed by atoms with E-state index in [0.29, 0.717) is 18.3 Å². The van der Waals surface area contributed by atoms with E-state index >= 15 is 0 Å². The van der Waals surface area contributed by atoms with Gasteiger partial charge in [-0.15, -0.1) is 5.06 Å². The summed E-state index contributed by atoms with van der Waals surface area (Å²) in [6.07, 6.45) is 0.174. The van der Waals surface area contributed by atoms with Crippen molar-refractivity contribution in [3.63, 3.8) is 0 Å². The Hall–Kier alpha value is -1.51. The molecule has 0 bridgehead atoms. The number of hydroxylamine groups is 2. The van der Waals surface area contributed by atoms with Crippen LogP contribution in [0.5, 0.6) is 0 Å². The second-order valence-electron chi connectivity index (χ2n) is 3.40. The second kappa shape index (κ2) is 8.56. The van der Waals surface area contributed by atoms with Crippen molar-refractivity contribution < 1.29 is 28.7 Å². The second-order valence-corrected chi connectivity index (χ2v) is 3.40. The molecule has 1 fully saturated rings. The molecule has 0 radical (unpaired) electrons. The van der Waals surface area contributed by atoms with E-state index in [4.69, 9.17) is 9.47 Å². The molecular formula is C10H18N2O6. The van der Waals surface area contributed by atoms with E-state index in [1.54, 1.807) is 7.11 Å². The highest BCUT2D eigenvalue weighted by Gasteiger charge is 2.32. The van der Waals surface area contributed by atoms with Crippen LogP contribution in [0.4, 0.5) is 0 Å². The average molecular weight is 262 g/mol. The number of hydrogen-bond acceptors (Lipinski definition) is 7. The van der Waals surface area contributed by atoms with Crippen LogP contribution in [0.1, 0.15) is 19.3 Å². The van der Waals surface area contributed by atoms with E-state index in [0.717, 1.165) is 0 Å². The molecule has 0 atom stereocenters. The maximum absolute atomic E-state index is 11.2. The first-order valence-corrected chi connectivity index (χ1v) is 5.28. The largest absolute Gasteiger partial charge is 0.382 e. The lowest BCUT2D eigenvalue weighted by Gasteiger charge is -2.12. The normalized spacial score (nSPS) is 14.6. The zero-order valence-corrected chi connectivity index (χ0v) is 10.3. The Bertz CT molecular complexity index is 291. The van der Waals surface area contributed by atoms with Crippen molar-refractivity contribution in [2.45, 2.75) is 19.3 Å². The highest BCUT2D eigenvalue weighted by atomic mass is 16.7.